The highest BCUT2D eigenvalue weighted by atomic mass is 32.2. The summed E-state index contributed by atoms with van der Waals surface area (Å²) in [5.74, 6) is 3.13. The second-order valence-electron chi connectivity index (χ2n) is 3.64. The van der Waals surface area contributed by atoms with E-state index in [2.05, 4.69) is 15.5 Å². The Kier molecular flexibility index (Phi) is 3.15. The van der Waals surface area contributed by atoms with Crippen LogP contribution in [0.5, 0.6) is 0 Å². The number of carbonyl (C=O) groups excluding carboxylic acids is 1. The van der Waals surface area contributed by atoms with Crippen molar-refractivity contribution in [3.63, 3.8) is 0 Å². The molecule has 0 saturated carbocycles. The number of nitrogens with two attached hydrogens (primary N) is 1. The van der Waals surface area contributed by atoms with Crippen LogP contribution in [0, 0.1) is 5.92 Å². The Bertz CT molecular complexity index is 346. The van der Waals surface area contributed by atoms with Gasteiger partial charge in [0.1, 0.15) is 11.4 Å². The van der Waals surface area contributed by atoms with E-state index < -0.39 is 0 Å². The largest absolute Gasteiger partial charge is 0.383 e. The maximum atomic E-state index is 11.6. The fraction of sp³-hybridized carbons (Fsp3) is 0.556. The summed E-state index contributed by atoms with van der Waals surface area (Å²) in [4.78, 5) is 11.6. The molecule has 15 heavy (non-hydrogen) atoms. The molecule has 2 heterocycles. The number of amides is 1. The molecule has 1 aliphatic rings. The number of carbonyl (C=O) groups is 1. The van der Waals surface area contributed by atoms with E-state index in [1.807, 2.05) is 11.8 Å². The average molecular weight is 226 g/mol. The van der Waals surface area contributed by atoms with E-state index in [0.29, 0.717) is 17.3 Å². The Labute approximate surface area is 92.2 Å². The summed E-state index contributed by atoms with van der Waals surface area (Å²) < 4.78 is 0. The van der Waals surface area contributed by atoms with Gasteiger partial charge in [-0.05, 0) is 23.8 Å². The standard InChI is InChI=1S/C9H14N4OS/c10-8-7(4-12-13-8)9(14)11-3-6-1-2-15-5-6/h4,6H,1-3,5H2,(H,11,14)(H3,10,12,13). The van der Waals surface area contributed by atoms with E-state index in [4.69, 9.17) is 5.73 Å². The second kappa shape index (κ2) is 4.57. The lowest BCUT2D eigenvalue weighted by molar-refractivity contribution is 0.0949. The van der Waals surface area contributed by atoms with Crippen molar-refractivity contribution in [3.8, 4) is 0 Å². The molecule has 2 rings (SSSR count). The summed E-state index contributed by atoms with van der Waals surface area (Å²) in [5, 5.41) is 9.12. The van der Waals surface area contributed by atoms with E-state index >= 15 is 0 Å². The van der Waals surface area contributed by atoms with Crippen molar-refractivity contribution in [2.24, 2.45) is 5.92 Å². The number of rotatable bonds is 3. The first-order valence-corrected chi connectivity index (χ1v) is 6.07. The number of hydrogen-bond donors (Lipinski definition) is 3. The fourth-order valence-corrected chi connectivity index (χ4v) is 2.84. The van der Waals surface area contributed by atoms with Crippen molar-refractivity contribution in [3.05, 3.63) is 11.8 Å². The van der Waals surface area contributed by atoms with Gasteiger partial charge in [-0.25, -0.2) is 0 Å². The highest BCUT2D eigenvalue weighted by Gasteiger charge is 2.17. The molecular weight excluding hydrogens is 212 g/mol. The van der Waals surface area contributed by atoms with Crippen LogP contribution in [0.15, 0.2) is 6.20 Å². The van der Waals surface area contributed by atoms with E-state index in [9.17, 15) is 4.79 Å². The molecule has 1 aromatic rings. The van der Waals surface area contributed by atoms with Gasteiger partial charge in [0.05, 0.1) is 6.20 Å². The minimum absolute atomic E-state index is 0.141. The molecule has 0 bridgehead atoms. The lowest BCUT2D eigenvalue weighted by atomic mass is 10.1. The minimum Gasteiger partial charge on any atom is -0.383 e. The van der Waals surface area contributed by atoms with E-state index in [-0.39, 0.29) is 5.91 Å². The molecule has 0 spiro atoms. The third kappa shape index (κ3) is 2.44. The molecule has 1 aliphatic heterocycles. The number of H-pyrrole nitrogens is 1. The summed E-state index contributed by atoms with van der Waals surface area (Å²) in [6, 6.07) is 0. The number of aromatic amines is 1. The van der Waals surface area contributed by atoms with Gasteiger partial charge in [0.15, 0.2) is 0 Å². The maximum absolute atomic E-state index is 11.6. The zero-order valence-corrected chi connectivity index (χ0v) is 9.14. The molecule has 1 unspecified atom stereocenters. The molecule has 6 heteroatoms. The molecule has 0 aliphatic carbocycles. The van der Waals surface area contributed by atoms with Gasteiger partial charge in [0.25, 0.3) is 5.91 Å². The number of aromatic nitrogens is 2. The van der Waals surface area contributed by atoms with Gasteiger partial charge < -0.3 is 11.1 Å². The first-order chi connectivity index (χ1) is 7.27. The maximum Gasteiger partial charge on any atom is 0.256 e. The van der Waals surface area contributed by atoms with Gasteiger partial charge >= 0.3 is 0 Å². The van der Waals surface area contributed by atoms with Crippen LogP contribution in [0.2, 0.25) is 0 Å². The topological polar surface area (TPSA) is 83.8 Å². The van der Waals surface area contributed by atoms with Gasteiger partial charge in [0, 0.05) is 6.54 Å². The van der Waals surface area contributed by atoms with Crippen LogP contribution in [0.4, 0.5) is 5.82 Å². The van der Waals surface area contributed by atoms with Crippen LogP contribution >= 0.6 is 11.8 Å². The van der Waals surface area contributed by atoms with Crippen LogP contribution < -0.4 is 11.1 Å². The first-order valence-electron chi connectivity index (χ1n) is 4.92. The fourth-order valence-electron chi connectivity index (χ4n) is 1.55. The Morgan fingerprint density at radius 2 is 2.67 bits per heavy atom. The molecule has 4 N–H and O–H groups in total. The van der Waals surface area contributed by atoms with Crippen LogP contribution in [0.1, 0.15) is 16.8 Å². The lowest BCUT2D eigenvalue weighted by Crippen LogP contribution is -2.29. The third-order valence-corrected chi connectivity index (χ3v) is 3.72. The normalized spacial score (nSPS) is 20.4. The summed E-state index contributed by atoms with van der Waals surface area (Å²) >= 11 is 1.94. The van der Waals surface area contributed by atoms with Crippen LogP contribution in [0.25, 0.3) is 0 Å². The van der Waals surface area contributed by atoms with Crippen molar-refractivity contribution >= 4 is 23.5 Å². The van der Waals surface area contributed by atoms with Crippen molar-refractivity contribution in [1.82, 2.24) is 15.5 Å². The van der Waals surface area contributed by atoms with Crippen molar-refractivity contribution in [2.45, 2.75) is 6.42 Å². The van der Waals surface area contributed by atoms with E-state index in [1.165, 1.54) is 18.4 Å². The minimum atomic E-state index is -0.141. The first kappa shape index (κ1) is 10.4. The zero-order valence-electron chi connectivity index (χ0n) is 8.32. The Hall–Kier alpha value is -1.17. The van der Waals surface area contributed by atoms with Crippen LogP contribution in [0.3, 0.4) is 0 Å². The SMILES string of the molecule is Nc1[nH]ncc1C(=O)NCC1CCSC1. The predicted octanol–water partition coefficient (Wildman–Crippen LogP) is 0.475. The number of thioether (sulfide) groups is 1. The molecule has 1 fully saturated rings. The Balaban J connectivity index is 1.84. The molecule has 0 aromatic carbocycles. The molecule has 82 valence electrons. The number of nitrogens with zero attached hydrogens (tertiary/aromatic N) is 1. The van der Waals surface area contributed by atoms with Crippen LogP contribution in [-0.4, -0.2) is 34.2 Å². The van der Waals surface area contributed by atoms with Gasteiger partial charge in [0.2, 0.25) is 0 Å². The van der Waals surface area contributed by atoms with Crippen LogP contribution in [-0.2, 0) is 0 Å². The molecule has 1 amide bonds. The molecule has 1 atom stereocenters. The van der Waals surface area contributed by atoms with E-state index in [0.717, 1.165) is 12.3 Å². The Morgan fingerprint density at radius 3 is 3.27 bits per heavy atom. The summed E-state index contributed by atoms with van der Waals surface area (Å²) in [5.41, 5.74) is 5.97. The molecule has 0 radical (unpaired) electrons. The summed E-state index contributed by atoms with van der Waals surface area (Å²) in [7, 11) is 0. The van der Waals surface area contributed by atoms with Gasteiger partial charge in [-0.3, -0.25) is 9.89 Å². The quantitative estimate of drug-likeness (QED) is 0.699. The lowest BCUT2D eigenvalue weighted by Gasteiger charge is -2.09. The van der Waals surface area contributed by atoms with Crippen molar-refractivity contribution in [2.75, 3.05) is 23.8 Å². The monoisotopic (exact) mass is 226 g/mol. The number of anilines is 1. The highest BCUT2D eigenvalue weighted by Crippen LogP contribution is 2.22. The van der Waals surface area contributed by atoms with Crippen molar-refractivity contribution in [1.29, 1.82) is 0 Å². The summed E-state index contributed by atoms with van der Waals surface area (Å²) in [6.45, 7) is 0.733. The second-order valence-corrected chi connectivity index (χ2v) is 4.79. The smallest absolute Gasteiger partial charge is 0.256 e. The third-order valence-electron chi connectivity index (χ3n) is 2.49. The molecule has 1 aromatic heterocycles. The molecule has 1 saturated heterocycles. The number of hydrogen-bond acceptors (Lipinski definition) is 4. The Morgan fingerprint density at radius 1 is 1.80 bits per heavy atom. The number of nitrogens with one attached hydrogen (secondary N) is 2. The van der Waals surface area contributed by atoms with Gasteiger partial charge in [-0.15, -0.1) is 0 Å². The molecule has 5 nitrogen and oxygen atoms in total. The predicted molar refractivity (Wildman–Crippen MR) is 60.8 cm³/mol. The van der Waals surface area contributed by atoms with Gasteiger partial charge in [-0.2, -0.15) is 16.9 Å². The highest BCUT2D eigenvalue weighted by molar-refractivity contribution is 7.99. The molecular formula is C9H14N4OS. The van der Waals surface area contributed by atoms with Crippen molar-refractivity contribution < 1.29 is 4.79 Å². The van der Waals surface area contributed by atoms with Gasteiger partial charge in [-0.1, -0.05) is 0 Å². The number of nitrogen functional groups attached to an aromatic ring is 1. The zero-order chi connectivity index (χ0) is 10.7. The average Bonchev–Trinajstić information content (AvgIpc) is 2.84. The van der Waals surface area contributed by atoms with E-state index in [1.54, 1.807) is 0 Å². The summed E-state index contributed by atoms with van der Waals surface area (Å²) in [6.07, 6.45) is 2.64.